The van der Waals surface area contributed by atoms with E-state index in [2.05, 4.69) is 9.88 Å². The largest absolute Gasteiger partial charge is 0.370 e. The minimum absolute atomic E-state index is 0.128. The molecule has 1 aromatic carbocycles. The smallest absolute Gasteiger partial charge is 0.268 e. The Balaban J connectivity index is 1.56. The van der Waals surface area contributed by atoms with Gasteiger partial charge in [-0.3, -0.25) is 4.72 Å². The van der Waals surface area contributed by atoms with E-state index < -0.39 is 43.3 Å². The van der Waals surface area contributed by atoms with E-state index in [1.807, 2.05) is 4.72 Å². The number of aromatic nitrogens is 1. The molecular weight excluding hydrogens is 453 g/mol. The summed E-state index contributed by atoms with van der Waals surface area (Å²) in [6.07, 6.45) is 3.24. The maximum atomic E-state index is 15.0. The molecule has 2 aromatic rings. The van der Waals surface area contributed by atoms with Crippen LogP contribution in [0.1, 0.15) is 19.3 Å². The van der Waals surface area contributed by atoms with Crippen LogP contribution in [0.5, 0.6) is 0 Å². The number of halogens is 4. The molecule has 168 valence electrons. The topological polar surface area (TPSA) is 65.5 Å². The molecule has 0 unspecified atom stereocenters. The molecule has 0 radical (unpaired) electrons. The Kier molecular flexibility index (Phi) is 6.32. The van der Waals surface area contributed by atoms with E-state index in [1.165, 1.54) is 18.9 Å². The van der Waals surface area contributed by atoms with Gasteiger partial charge in [0.15, 0.2) is 10.7 Å². The van der Waals surface area contributed by atoms with E-state index in [9.17, 15) is 21.6 Å². The predicted molar refractivity (Wildman–Crippen MR) is 112 cm³/mol. The monoisotopic (exact) mass is 474 g/mol. The molecular formula is C20H22ClF3N4O2S. The Morgan fingerprint density at radius 1 is 1.16 bits per heavy atom. The number of hydrogen-bond acceptors (Lipinski definition) is 5. The molecule has 0 bridgehead atoms. The highest BCUT2D eigenvalue weighted by molar-refractivity contribution is 7.92. The third-order valence-electron chi connectivity index (χ3n) is 5.66. The Morgan fingerprint density at radius 3 is 2.61 bits per heavy atom. The first kappa shape index (κ1) is 22.2. The summed E-state index contributed by atoms with van der Waals surface area (Å²) in [5.74, 6) is -3.65. The number of pyridine rings is 1. The molecule has 1 N–H and O–H groups in total. The fraction of sp³-hybridized carbons (Fsp3) is 0.450. The average molecular weight is 475 g/mol. The van der Waals surface area contributed by atoms with Crippen LogP contribution in [-0.4, -0.2) is 51.0 Å². The summed E-state index contributed by atoms with van der Waals surface area (Å²) in [6.45, 7) is 4.23. The highest BCUT2D eigenvalue weighted by Crippen LogP contribution is 2.37. The number of nitrogens with zero attached hydrogens (tertiary/aromatic N) is 3. The molecule has 0 spiro atoms. The van der Waals surface area contributed by atoms with Crippen LogP contribution < -0.4 is 9.62 Å². The first-order chi connectivity index (χ1) is 14.7. The molecule has 6 nitrogen and oxygen atoms in total. The highest BCUT2D eigenvalue weighted by Gasteiger charge is 2.32. The van der Waals surface area contributed by atoms with Crippen LogP contribution in [0.3, 0.4) is 0 Å². The molecule has 0 saturated carbocycles. The lowest BCUT2D eigenvalue weighted by Gasteiger charge is -2.23. The van der Waals surface area contributed by atoms with Crippen molar-refractivity contribution in [3.8, 4) is 0 Å². The molecule has 31 heavy (non-hydrogen) atoms. The second-order valence-corrected chi connectivity index (χ2v) is 9.89. The summed E-state index contributed by atoms with van der Waals surface area (Å²) in [4.78, 5) is 6.30. The van der Waals surface area contributed by atoms with Crippen LogP contribution in [0.2, 0.25) is 5.02 Å². The summed E-state index contributed by atoms with van der Waals surface area (Å²) in [7, 11) is -4.72. The van der Waals surface area contributed by atoms with Gasteiger partial charge in [-0.1, -0.05) is 17.7 Å². The van der Waals surface area contributed by atoms with Gasteiger partial charge in [0, 0.05) is 25.7 Å². The Hall–Kier alpha value is -2.04. The SMILES string of the molecule is O=S(=O)(Nc1cccc(F)n1)c1c(F)cc(N2CC[C@@H](CN3CCCC3)C2)c(Cl)c1F. The molecule has 2 aliphatic heterocycles. The minimum atomic E-state index is -4.72. The van der Waals surface area contributed by atoms with E-state index in [1.54, 1.807) is 4.90 Å². The van der Waals surface area contributed by atoms with Gasteiger partial charge in [-0.2, -0.15) is 4.39 Å². The molecule has 1 atom stereocenters. The fourth-order valence-electron chi connectivity index (χ4n) is 4.23. The van der Waals surface area contributed by atoms with Crippen molar-refractivity contribution in [3.05, 3.63) is 46.9 Å². The Labute approximate surface area is 184 Å². The summed E-state index contributed by atoms with van der Waals surface area (Å²) in [6, 6.07) is 4.33. The van der Waals surface area contributed by atoms with E-state index in [-0.39, 0.29) is 5.69 Å². The summed E-state index contributed by atoms with van der Waals surface area (Å²) in [5.41, 5.74) is 0.128. The Bertz CT molecular complexity index is 1080. The van der Waals surface area contributed by atoms with Crippen molar-refractivity contribution in [2.45, 2.75) is 24.2 Å². The van der Waals surface area contributed by atoms with Crippen molar-refractivity contribution in [3.63, 3.8) is 0 Å². The highest BCUT2D eigenvalue weighted by atomic mass is 35.5. The van der Waals surface area contributed by atoms with Gasteiger partial charge >= 0.3 is 0 Å². The second kappa shape index (κ2) is 8.84. The number of hydrogen-bond donors (Lipinski definition) is 1. The molecule has 11 heteroatoms. The zero-order valence-electron chi connectivity index (χ0n) is 16.6. The van der Waals surface area contributed by atoms with E-state index in [4.69, 9.17) is 11.6 Å². The van der Waals surface area contributed by atoms with Crippen LogP contribution in [0.15, 0.2) is 29.2 Å². The zero-order valence-corrected chi connectivity index (χ0v) is 18.2. The van der Waals surface area contributed by atoms with E-state index >= 15 is 0 Å². The quantitative estimate of drug-likeness (QED) is 0.508. The molecule has 3 heterocycles. The van der Waals surface area contributed by atoms with Gasteiger partial charge in [0.2, 0.25) is 5.95 Å². The molecule has 0 aliphatic carbocycles. The standard InChI is InChI=1S/C20H22ClF3N4O2S/c21-18-15(28-9-6-13(12-28)11-27-7-1-2-8-27)10-14(22)20(19(18)24)31(29,30)26-17-5-3-4-16(23)25-17/h3-5,10,13H,1-2,6-9,11-12H2,(H,25,26)/t13-/m0/s1. The lowest BCUT2D eigenvalue weighted by Crippen LogP contribution is -2.29. The first-order valence-electron chi connectivity index (χ1n) is 10.0. The predicted octanol–water partition coefficient (Wildman–Crippen LogP) is 3.88. The summed E-state index contributed by atoms with van der Waals surface area (Å²) >= 11 is 6.14. The van der Waals surface area contributed by atoms with Crippen LogP contribution in [-0.2, 0) is 10.0 Å². The van der Waals surface area contributed by atoms with E-state index in [0.29, 0.717) is 19.0 Å². The van der Waals surface area contributed by atoms with Gasteiger partial charge in [-0.05, 0) is 50.4 Å². The number of nitrogens with one attached hydrogen (secondary N) is 1. The summed E-state index contributed by atoms with van der Waals surface area (Å²) in [5, 5.41) is -0.462. The molecule has 1 aromatic heterocycles. The van der Waals surface area contributed by atoms with Gasteiger partial charge < -0.3 is 9.80 Å². The molecule has 0 amide bonds. The van der Waals surface area contributed by atoms with E-state index in [0.717, 1.165) is 44.3 Å². The second-order valence-electron chi connectivity index (χ2n) is 7.89. The van der Waals surface area contributed by atoms with Crippen molar-refractivity contribution in [1.82, 2.24) is 9.88 Å². The fourth-order valence-corrected chi connectivity index (χ4v) is 5.70. The van der Waals surface area contributed by atoms with Crippen LogP contribution >= 0.6 is 11.6 Å². The molecule has 2 saturated heterocycles. The summed E-state index contributed by atoms with van der Waals surface area (Å²) < 4.78 is 70.0. The molecule has 2 aliphatic rings. The van der Waals surface area contributed by atoms with Gasteiger partial charge in [0.25, 0.3) is 10.0 Å². The number of likely N-dealkylation sites (tertiary alicyclic amines) is 1. The van der Waals surface area contributed by atoms with Crippen molar-refractivity contribution in [1.29, 1.82) is 0 Å². The van der Waals surface area contributed by atoms with Crippen LogP contribution in [0.4, 0.5) is 24.7 Å². The normalized spacial score (nSPS) is 19.9. The number of anilines is 2. The van der Waals surface area contributed by atoms with Crippen LogP contribution in [0, 0.1) is 23.5 Å². The number of benzene rings is 1. The molecule has 4 rings (SSSR count). The van der Waals surface area contributed by atoms with Crippen molar-refractivity contribution in [2.24, 2.45) is 5.92 Å². The molecule has 2 fully saturated rings. The van der Waals surface area contributed by atoms with Gasteiger partial charge in [-0.25, -0.2) is 22.2 Å². The zero-order chi connectivity index (χ0) is 22.2. The van der Waals surface area contributed by atoms with Gasteiger partial charge in [-0.15, -0.1) is 0 Å². The number of sulfonamides is 1. The average Bonchev–Trinajstić information content (AvgIpc) is 3.37. The van der Waals surface area contributed by atoms with Crippen LogP contribution in [0.25, 0.3) is 0 Å². The third-order valence-corrected chi connectivity index (χ3v) is 7.41. The Morgan fingerprint density at radius 2 is 1.90 bits per heavy atom. The maximum absolute atomic E-state index is 15.0. The van der Waals surface area contributed by atoms with Crippen molar-refractivity contribution < 1.29 is 21.6 Å². The lowest BCUT2D eigenvalue weighted by molar-refractivity contribution is 0.289. The lowest BCUT2D eigenvalue weighted by atomic mass is 10.1. The third kappa shape index (κ3) is 4.75. The maximum Gasteiger partial charge on any atom is 0.268 e. The van der Waals surface area contributed by atoms with Crippen molar-refractivity contribution >= 4 is 33.1 Å². The minimum Gasteiger partial charge on any atom is -0.370 e. The van der Waals surface area contributed by atoms with Gasteiger partial charge in [0.1, 0.15) is 16.7 Å². The van der Waals surface area contributed by atoms with Crippen molar-refractivity contribution in [2.75, 3.05) is 42.3 Å². The first-order valence-corrected chi connectivity index (χ1v) is 11.9. The number of rotatable bonds is 6. The van der Waals surface area contributed by atoms with Gasteiger partial charge in [0.05, 0.1) is 5.69 Å².